The van der Waals surface area contributed by atoms with Gasteiger partial charge in [0, 0.05) is 44.1 Å². The lowest BCUT2D eigenvalue weighted by molar-refractivity contribution is -0.124. The summed E-state index contributed by atoms with van der Waals surface area (Å²) >= 11 is 1.65. The molecule has 0 aliphatic carbocycles. The highest BCUT2D eigenvalue weighted by molar-refractivity contribution is 7.09. The van der Waals surface area contributed by atoms with Gasteiger partial charge in [-0.3, -0.25) is 24.7 Å². The third-order valence-electron chi connectivity index (χ3n) is 4.54. The summed E-state index contributed by atoms with van der Waals surface area (Å²) in [5.74, 6) is -0.252. The quantitative estimate of drug-likeness (QED) is 0.494. The molecule has 28 heavy (non-hydrogen) atoms. The number of thiophene rings is 1. The highest BCUT2D eigenvalue weighted by Crippen LogP contribution is 2.08. The Hall–Kier alpha value is -1.97. The van der Waals surface area contributed by atoms with Gasteiger partial charge in [0.25, 0.3) is 0 Å². The molecule has 156 valence electrons. The third kappa shape index (κ3) is 8.81. The van der Waals surface area contributed by atoms with E-state index in [1.807, 2.05) is 22.4 Å². The minimum absolute atomic E-state index is 0.0545. The van der Waals surface area contributed by atoms with Crippen LogP contribution < -0.4 is 16.0 Å². The van der Waals surface area contributed by atoms with E-state index in [1.54, 1.807) is 11.3 Å². The van der Waals surface area contributed by atoms with Crippen molar-refractivity contribution in [2.24, 2.45) is 0 Å². The average Bonchev–Trinajstić information content (AvgIpc) is 3.17. The molecular weight excluding hydrogens is 378 g/mol. The Labute approximate surface area is 170 Å². The second-order valence-electron chi connectivity index (χ2n) is 6.89. The largest absolute Gasteiger partial charge is 0.355 e. The molecule has 0 unspecified atom stereocenters. The van der Waals surface area contributed by atoms with Crippen molar-refractivity contribution in [3.05, 3.63) is 22.4 Å². The van der Waals surface area contributed by atoms with Crippen molar-refractivity contribution < 1.29 is 14.4 Å². The second kappa shape index (κ2) is 12.5. The molecule has 9 heteroatoms. The lowest BCUT2D eigenvalue weighted by Crippen LogP contribution is -2.52. The van der Waals surface area contributed by atoms with Gasteiger partial charge in [-0.2, -0.15) is 0 Å². The van der Waals surface area contributed by atoms with Crippen LogP contribution in [-0.4, -0.2) is 80.0 Å². The fraction of sp³-hybridized carbons (Fsp3) is 0.632. The molecule has 2 rings (SSSR count). The van der Waals surface area contributed by atoms with Gasteiger partial charge >= 0.3 is 6.03 Å². The molecule has 0 spiro atoms. The molecule has 0 bridgehead atoms. The summed E-state index contributed by atoms with van der Waals surface area (Å²) in [4.78, 5) is 41.0. The van der Waals surface area contributed by atoms with Crippen molar-refractivity contribution in [3.63, 3.8) is 0 Å². The van der Waals surface area contributed by atoms with Crippen molar-refractivity contribution in [1.82, 2.24) is 25.8 Å². The van der Waals surface area contributed by atoms with Gasteiger partial charge in [-0.05, 0) is 24.3 Å². The van der Waals surface area contributed by atoms with E-state index in [0.717, 1.165) is 38.9 Å². The van der Waals surface area contributed by atoms with E-state index in [2.05, 4.69) is 27.8 Å². The number of hydrogen-bond donors (Lipinski definition) is 3. The molecule has 1 saturated heterocycles. The summed E-state index contributed by atoms with van der Waals surface area (Å²) in [6.07, 6.45) is 2.82. The Balaban J connectivity index is 1.55. The zero-order valence-electron chi connectivity index (χ0n) is 16.5. The number of nitrogens with one attached hydrogen (secondary N) is 3. The maximum absolute atomic E-state index is 12.0. The Morgan fingerprint density at radius 3 is 2.29 bits per heavy atom. The topological polar surface area (TPSA) is 93.8 Å². The number of amides is 4. The Kier molecular flexibility index (Phi) is 9.95. The van der Waals surface area contributed by atoms with Crippen LogP contribution in [0.2, 0.25) is 0 Å². The lowest BCUT2D eigenvalue weighted by Gasteiger charge is -2.33. The van der Waals surface area contributed by atoms with Crippen LogP contribution in [0.3, 0.4) is 0 Å². The average molecular weight is 410 g/mol. The highest BCUT2D eigenvalue weighted by atomic mass is 32.1. The Morgan fingerprint density at radius 1 is 1.00 bits per heavy atom. The highest BCUT2D eigenvalue weighted by Gasteiger charge is 2.21. The zero-order chi connectivity index (χ0) is 20.2. The van der Waals surface area contributed by atoms with Gasteiger partial charge in [0.05, 0.1) is 13.1 Å². The van der Waals surface area contributed by atoms with Crippen LogP contribution in [0.1, 0.15) is 24.6 Å². The number of urea groups is 1. The molecule has 1 fully saturated rings. The normalized spacial score (nSPS) is 15.2. The molecule has 2 heterocycles. The van der Waals surface area contributed by atoms with Crippen LogP contribution in [-0.2, 0) is 16.0 Å². The van der Waals surface area contributed by atoms with Gasteiger partial charge in [0.15, 0.2) is 0 Å². The first kappa shape index (κ1) is 22.3. The zero-order valence-corrected chi connectivity index (χ0v) is 17.4. The number of piperazine rings is 1. The van der Waals surface area contributed by atoms with Crippen LogP contribution in [0.15, 0.2) is 17.5 Å². The molecule has 4 amide bonds. The summed E-state index contributed by atoms with van der Waals surface area (Å²) in [6.45, 7) is 6.79. The summed E-state index contributed by atoms with van der Waals surface area (Å²) in [5, 5.41) is 9.99. The van der Waals surface area contributed by atoms with Crippen molar-refractivity contribution in [3.8, 4) is 0 Å². The molecule has 0 saturated carbocycles. The van der Waals surface area contributed by atoms with E-state index < -0.39 is 6.03 Å². The fourth-order valence-electron chi connectivity index (χ4n) is 2.94. The smallest absolute Gasteiger partial charge is 0.321 e. The predicted octanol–water partition coefficient (Wildman–Crippen LogP) is 0.650. The number of carbonyl (C=O) groups excluding carboxylic acids is 3. The Morgan fingerprint density at radius 2 is 1.68 bits per heavy atom. The molecule has 3 N–H and O–H groups in total. The maximum Gasteiger partial charge on any atom is 0.321 e. The minimum Gasteiger partial charge on any atom is -0.355 e. The fourth-order valence-corrected chi connectivity index (χ4v) is 3.65. The van der Waals surface area contributed by atoms with Gasteiger partial charge in [0.2, 0.25) is 11.8 Å². The molecule has 0 atom stereocenters. The van der Waals surface area contributed by atoms with E-state index in [9.17, 15) is 14.4 Å². The molecule has 1 aromatic heterocycles. The molecular formula is C19H31N5O3S. The van der Waals surface area contributed by atoms with Crippen molar-refractivity contribution >= 4 is 29.2 Å². The molecule has 1 aliphatic heterocycles. The van der Waals surface area contributed by atoms with E-state index in [0.29, 0.717) is 26.2 Å². The third-order valence-corrected chi connectivity index (χ3v) is 5.48. The molecule has 1 aromatic rings. The van der Waals surface area contributed by atoms with Crippen molar-refractivity contribution in [1.29, 1.82) is 0 Å². The first-order chi connectivity index (χ1) is 13.6. The maximum atomic E-state index is 12.0. The van der Waals surface area contributed by atoms with Gasteiger partial charge in [-0.15, -0.1) is 11.3 Å². The van der Waals surface area contributed by atoms with Crippen molar-refractivity contribution in [2.75, 3.05) is 52.4 Å². The number of unbranched alkanes of at least 4 members (excludes halogenated alkanes) is 1. The summed E-state index contributed by atoms with van der Waals surface area (Å²) in [6, 6.07) is 3.54. The van der Waals surface area contributed by atoms with Crippen LogP contribution in [0.25, 0.3) is 0 Å². The lowest BCUT2D eigenvalue weighted by atomic mass is 10.3. The molecule has 8 nitrogen and oxygen atoms in total. The monoisotopic (exact) mass is 409 g/mol. The Bertz CT molecular complexity index is 615. The van der Waals surface area contributed by atoms with E-state index in [1.165, 1.54) is 4.88 Å². The first-order valence-corrected chi connectivity index (χ1v) is 10.8. The number of rotatable bonds is 10. The van der Waals surface area contributed by atoms with Crippen LogP contribution in [0.4, 0.5) is 4.79 Å². The second-order valence-corrected chi connectivity index (χ2v) is 7.92. The summed E-state index contributed by atoms with van der Waals surface area (Å²) < 4.78 is 0. The van der Waals surface area contributed by atoms with E-state index in [-0.39, 0.29) is 18.4 Å². The van der Waals surface area contributed by atoms with Gasteiger partial charge in [-0.25, -0.2) is 4.79 Å². The number of imide groups is 1. The summed E-state index contributed by atoms with van der Waals surface area (Å²) in [5.41, 5.74) is 0. The van der Waals surface area contributed by atoms with Crippen LogP contribution in [0.5, 0.6) is 0 Å². The SMILES string of the molecule is CCCCNC(=O)CN1CCN(CC(=O)NC(=O)NCCc2cccs2)CC1. The first-order valence-electron chi connectivity index (χ1n) is 9.88. The van der Waals surface area contributed by atoms with Gasteiger partial charge < -0.3 is 10.6 Å². The van der Waals surface area contributed by atoms with Crippen LogP contribution >= 0.6 is 11.3 Å². The molecule has 0 radical (unpaired) electrons. The summed E-state index contributed by atoms with van der Waals surface area (Å²) in [7, 11) is 0. The number of nitrogens with zero attached hydrogens (tertiary/aromatic N) is 2. The number of carbonyl (C=O) groups is 3. The minimum atomic E-state index is -0.455. The van der Waals surface area contributed by atoms with Crippen LogP contribution in [0, 0.1) is 0 Å². The van der Waals surface area contributed by atoms with Gasteiger partial charge in [0.1, 0.15) is 0 Å². The van der Waals surface area contributed by atoms with Gasteiger partial charge in [-0.1, -0.05) is 19.4 Å². The molecule has 1 aliphatic rings. The molecule has 0 aromatic carbocycles. The standard InChI is InChI=1S/C19H31N5O3S/c1-2-3-7-20-17(25)14-23-9-11-24(12-10-23)15-18(26)22-19(27)21-8-6-16-5-4-13-28-16/h4-5,13H,2-3,6-12,14-15H2,1H3,(H,20,25)(H2,21,22,26,27). The number of hydrogen-bond acceptors (Lipinski definition) is 6. The predicted molar refractivity (Wildman–Crippen MR) is 110 cm³/mol. The van der Waals surface area contributed by atoms with Crippen molar-refractivity contribution in [2.45, 2.75) is 26.2 Å². The van der Waals surface area contributed by atoms with E-state index in [4.69, 9.17) is 0 Å². The van der Waals surface area contributed by atoms with E-state index >= 15 is 0 Å².